The summed E-state index contributed by atoms with van der Waals surface area (Å²) in [7, 11) is 0. The molecule has 2 aromatic rings. The third-order valence-electron chi connectivity index (χ3n) is 7.23. The maximum atomic E-state index is 8.63. The summed E-state index contributed by atoms with van der Waals surface area (Å²) in [5, 5.41) is 12.2. The molecular formula is C30H41N7. The standard InChI is InChI=1S/C30H41N7/c1-5-12-22(4)27-15-11-20-37(27)28(31)16-17-29-32-21-26(34-29)25-14-10-13-24(33-25)23(6-2)35-30(7-3)36-18-8-9-19-36/h6-7,10,12-14,16-17,21,23,27,31,35H,2,5,8-9,11,15,18-20H2,1,3-4H3,(H,32,34)/b17-16-,22-12+,30-7+,31-28?/t23?,27-/m1/s1. The van der Waals surface area contributed by atoms with Crippen LogP contribution in [0.2, 0.25) is 0 Å². The van der Waals surface area contributed by atoms with Crippen LogP contribution in [0.15, 0.2) is 66.7 Å². The topological polar surface area (TPSA) is 83.9 Å². The molecule has 2 aliphatic heterocycles. The number of hydrogen-bond acceptors (Lipinski definition) is 5. The Morgan fingerprint density at radius 3 is 2.81 bits per heavy atom. The fourth-order valence-electron chi connectivity index (χ4n) is 5.29. The highest BCUT2D eigenvalue weighted by Gasteiger charge is 2.26. The zero-order chi connectivity index (χ0) is 26.2. The molecular weight excluding hydrogens is 458 g/mol. The SMILES string of the molecule is C=CC(N/C(=C\C)N1CCCC1)c1cccc(-c2cnc(/C=C\C(=N)N3CCC[C@@H]3/C(C)=C/CC)[nH]2)n1. The van der Waals surface area contributed by atoms with E-state index >= 15 is 0 Å². The lowest BCUT2D eigenvalue weighted by atomic mass is 10.1. The van der Waals surface area contributed by atoms with Gasteiger partial charge in [0.2, 0.25) is 0 Å². The van der Waals surface area contributed by atoms with E-state index in [1.54, 1.807) is 6.20 Å². The number of allylic oxidation sites excluding steroid dienone is 2. The van der Waals surface area contributed by atoms with Crippen LogP contribution in [-0.4, -0.2) is 56.3 Å². The van der Waals surface area contributed by atoms with Crippen molar-refractivity contribution in [2.75, 3.05) is 19.6 Å². The Morgan fingerprint density at radius 2 is 2.08 bits per heavy atom. The van der Waals surface area contributed by atoms with Gasteiger partial charge in [-0.05, 0) is 76.3 Å². The average molecular weight is 500 g/mol. The van der Waals surface area contributed by atoms with E-state index < -0.39 is 0 Å². The number of aromatic nitrogens is 3. The number of nitrogens with one attached hydrogen (secondary N) is 3. The Labute approximate surface area is 221 Å². The Balaban J connectivity index is 1.44. The van der Waals surface area contributed by atoms with Gasteiger partial charge in [0.25, 0.3) is 0 Å². The van der Waals surface area contributed by atoms with Crippen LogP contribution in [0.4, 0.5) is 0 Å². The van der Waals surface area contributed by atoms with Crippen molar-refractivity contribution < 1.29 is 0 Å². The van der Waals surface area contributed by atoms with Gasteiger partial charge in [0.1, 0.15) is 11.7 Å². The molecule has 37 heavy (non-hydrogen) atoms. The number of rotatable bonds is 10. The highest BCUT2D eigenvalue weighted by atomic mass is 15.3. The molecule has 0 radical (unpaired) electrons. The fourth-order valence-corrected chi connectivity index (χ4v) is 5.29. The van der Waals surface area contributed by atoms with E-state index in [1.807, 2.05) is 36.4 Å². The third kappa shape index (κ3) is 6.40. The average Bonchev–Trinajstić information content (AvgIpc) is 3.70. The van der Waals surface area contributed by atoms with Gasteiger partial charge < -0.3 is 20.1 Å². The first-order valence-electron chi connectivity index (χ1n) is 13.6. The van der Waals surface area contributed by atoms with E-state index in [2.05, 4.69) is 64.6 Å². The van der Waals surface area contributed by atoms with Gasteiger partial charge in [-0.1, -0.05) is 30.7 Å². The van der Waals surface area contributed by atoms with Crippen molar-refractivity contribution in [3.8, 4) is 11.4 Å². The second-order valence-electron chi connectivity index (χ2n) is 9.78. The predicted octanol–water partition coefficient (Wildman–Crippen LogP) is 6.06. The van der Waals surface area contributed by atoms with Gasteiger partial charge in [-0.15, -0.1) is 6.58 Å². The molecule has 4 heterocycles. The summed E-state index contributed by atoms with van der Waals surface area (Å²) in [5.41, 5.74) is 3.95. The summed E-state index contributed by atoms with van der Waals surface area (Å²) in [6, 6.07) is 6.28. The summed E-state index contributed by atoms with van der Waals surface area (Å²) in [6.07, 6.45) is 17.6. The van der Waals surface area contributed by atoms with E-state index in [9.17, 15) is 0 Å². The molecule has 196 valence electrons. The number of aromatic amines is 1. The Kier molecular flexibility index (Phi) is 8.99. The van der Waals surface area contributed by atoms with Crippen molar-refractivity contribution in [2.45, 2.75) is 65.0 Å². The van der Waals surface area contributed by atoms with Gasteiger partial charge in [0.05, 0.1) is 41.2 Å². The van der Waals surface area contributed by atoms with Crippen molar-refractivity contribution in [3.63, 3.8) is 0 Å². The lowest BCUT2D eigenvalue weighted by Crippen LogP contribution is -2.34. The van der Waals surface area contributed by atoms with E-state index in [1.165, 1.54) is 18.4 Å². The smallest absolute Gasteiger partial charge is 0.130 e. The van der Waals surface area contributed by atoms with Gasteiger partial charge >= 0.3 is 0 Å². The molecule has 0 amide bonds. The molecule has 0 spiro atoms. The minimum absolute atomic E-state index is 0.0897. The van der Waals surface area contributed by atoms with E-state index in [4.69, 9.17) is 10.4 Å². The number of amidine groups is 1. The van der Waals surface area contributed by atoms with Crippen molar-refractivity contribution in [3.05, 3.63) is 78.2 Å². The molecule has 7 nitrogen and oxygen atoms in total. The minimum Gasteiger partial charge on any atom is -0.360 e. The van der Waals surface area contributed by atoms with Crippen LogP contribution in [0, 0.1) is 5.41 Å². The molecule has 4 rings (SSSR count). The Hall–Kier alpha value is -3.61. The third-order valence-corrected chi connectivity index (χ3v) is 7.23. The fraction of sp³-hybridized carbons (Fsp3) is 0.433. The molecule has 0 bridgehead atoms. The first kappa shape index (κ1) is 26.5. The molecule has 2 fully saturated rings. The van der Waals surface area contributed by atoms with Crippen LogP contribution in [0.3, 0.4) is 0 Å². The van der Waals surface area contributed by atoms with Crippen molar-refractivity contribution in [1.29, 1.82) is 5.41 Å². The zero-order valence-electron chi connectivity index (χ0n) is 22.5. The van der Waals surface area contributed by atoms with E-state index in [0.717, 1.165) is 61.8 Å². The molecule has 2 atom stereocenters. The highest BCUT2D eigenvalue weighted by molar-refractivity contribution is 5.94. The van der Waals surface area contributed by atoms with Crippen molar-refractivity contribution in [2.24, 2.45) is 0 Å². The van der Waals surface area contributed by atoms with Gasteiger partial charge in [0, 0.05) is 19.6 Å². The molecule has 3 N–H and O–H groups in total. The minimum atomic E-state index is -0.0897. The largest absolute Gasteiger partial charge is 0.360 e. The summed E-state index contributed by atoms with van der Waals surface area (Å²) >= 11 is 0. The zero-order valence-corrected chi connectivity index (χ0v) is 22.5. The van der Waals surface area contributed by atoms with E-state index in [-0.39, 0.29) is 6.04 Å². The van der Waals surface area contributed by atoms with Gasteiger partial charge in [-0.25, -0.2) is 9.97 Å². The number of H-pyrrole nitrogens is 1. The molecule has 7 heteroatoms. The summed E-state index contributed by atoms with van der Waals surface area (Å²) < 4.78 is 0. The number of nitrogens with zero attached hydrogens (tertiary/aromatic N) is 4. The number of likely N-dealkylation sites (tertiary alicyclic amines) is 2. The second kappa shape index (κ2) is 12.6. The molecule has 0 aromatic carbocycles. The van der Waals surface area contributed by atoms with Crippen LogP contribution in [0.25, 0.3) is 17.5 Å². The van der Waals surface area contributed by atoms with Crippen LogP contribution < -0.4 is 5.32 Å². The molecule has 1 unspecified atom stereocenters. The predicted molar refractivity (Wildman–Crippen MR) is 153 cm³/mol. The number of hydrogen-bond donors (Lipinski definition) is 3. The summed E-state index contributed by atoms with van der Waals surface area (Å²) in [6.45, 7) is 13.6. The second-order valence-corrected chi connectivity index (χ2v) is 9.78. The van der Waals surface area contributed by atoms with Crippen LogP contribution in [0.5, 0.6) is 0 Å². The first-order valence-corrected chi connectivity index (χ1v) is 13.6. The monoisotopic (exact) mass is 499 g/mol. The normalized spacial score (nSPS) is 19.6. The summed E-state index contributed by atoms with van der Waals surface area (Å²) in [5.74, 6) is 2.38. The van der Waals surface area contributed by atoms with E-state index in [0.29, 0.717) is 17.7 Å². The Morgan fingerprint density at radius 1 is 1.27 bits per heavy atom. The molecule has 0 saturated carbocycles. The van der Waals surface area contributed by atoms with Crippen LogP contribution in [-0.2, 0) is 0 Å². The van der Waals surface area contributed by atoms with Crippen LogP contribution in [0.1, 0.15) is 70.4 Å². The quantitative estimate of drug-likeness (QED) is 0.210. The summed E-state index contributed by atoms with van der Waals surface area (Å²) in [4.78, 5) is 17.4. The molecule has 2 aromatic heterocycles. The first-order chi connectivity index (χ1) is 18.0. The van der Waals surface area contributed by atoms with Crippen LogP contribution >= 0.6 is 0 Å². The highest BCUT2D eigenvalue weighted by Crippen LogP contribution is 2.25. The Bertz CT molecular complexity index is 1170. The molecule has 2 saturated heterocycles. The van der Waals surface area contributed by atoms with Crippen molar-refractivity contribution in [1.82, 2.24) is 30.1 Å². The van der Waals surface area contributed by atoms with Gasteiger partial charge in [0.15, 0.2) is 0 Å². The number of imidazole rings is 1. The van der Waals surface area contributed by atoms with Gasteiger partial charge in [-0.2, -0.15) is 0 Å². The molecule has 2 aliphatic rings. The van der Waals surface area contributed by atoms with Gasteiger partial charge in [-0.3, -0.25) is 5.41 Å². The maximum Gasteiger partial charge on any atom is 0.130 e. The molecule has 0 aliphatic carbocycles. The van der Waals surface area contributed by atoms with Crippen molar-refractivity contribution >= 4 is 11.9 Å². The lowest BCUT2D eigenvalue weighted by molar-refractivity contribution is 0.379. The number of pyridine rings is 1. The lowest BCUT2D eigenvalue weighted by Gasteiger charge is -2.26. The maximum absolute atomic E-state index is 8.63.